The first-order valence-electron chi connectivity index (χ1n) is 10.3. The molecule has 0 radical (unpaired) electrons. The van der Waals surface area contributed by atoms with E-state index in [4.69, 9.17) is 11.6 Å². The zero-order chi connectivity index (χ0) is 19.3. The van der Waals surface area contributed by atoms with Crippen LogP contribution in [0.1, 0.15) is 53.8 Å². The molecule has 4 nitrogen and oxygen atoms in total. The number of nitrogens with one attached hydrogen (secondary N) is 2. The van der Waals surface area contributed by atoms with Crippen molar-refractivity contribution in [3.63, 3.8) is 0 Å². The molecule has 6 heteroatoms. The fraction of sp³-hybridized carbons (Fsp3) is 0.500. The Bertz CT molecular complexity index is 777. The molecule has 2 heterocycles. The van der Waals surface area contributed by atoms with Gasteiger partial charge >= 0.3 is 0 Å². The summed E-state index contributed by atoms with van der Waals surface area (Å²) in [6.07, 6.45) is 6.95. The number of nitrogens with zero attached hydrogens (tertiary/aromatic N) is 1. The van der Waals surface area contributed by atoms with Crippen molar-refractivity contribution < 1.29 is 4.79 Å². The molecule has 150 valence electrons. The maximum Gasteiger partial charge on any atom is 0.251 e. The van der Waals surface area contributed by atoms with Gasteiger partial charge in [0.1, 0.15) is 0 Å². The lowest BCUT2D eigenvalue weighted by Gasteiger charge is -2.34. The number of carbonyl (C=O) groups excluding carboxylic acids is 1. The second-order valence-corrected chi connectivity index (χ2v) is 9.65. The summed E-state index contributed by atoms with van der Waals surface area (Å²) in [5.41, 5.74) is 1.97. The number of thiophene rings is 1. The first-order valence-corrected chi connectivity index (χ1v) is 11.5. The van der Waals surface area contributed by atoms with Gasteiger partial charge in [-0.25, -0.2) is 0 Å². The molecule has 0 atom stereocenters. The summed E-state index contributed by atoms with van der Waals surface area (Å²) in [5, 5.41) is 6.81. The minimum atomic E-state index is 0.0649. The predicted octanol–water partition coefficient (Wildman–Crippen LogP) is 4.83. The Morgan fingerprint density at radius 3 is 2.36 bits per heavy atom. The Labute approximate surface area is 176 Å². The summed E-state index contributed by atoms with van der Waals surface area (Å²) in [6, 6.07) is 13.1. The van der Waals surface area contributed by atoms with E-state index in [0.717, 1.165) is 55.2 Å². The average Bonchev–Trinajstić information content (AvgIpc) is 3.38. The van der Waals surface area contributed by atoms with Crippen molar-refractivity contribution in [2.24, 2.45) is 0 Å². The topological polar surface area (TPSA) is 44.4 Å². The normalized spacial score (nSPS) is 18.5. The van der Waals surface area contributed by atoms with Crippen LogP contribution in [-0.2, 0) is 6.54 Å². The number of hydrogen-bond acceptors (Lipinski definition) is 4. The zero-order valence-electron chi connectivity index (χ0n) is 16.1. The summed E-state index contributed by atoms with van der Waals surface area (Å²) in [5.74, 6) is 0.0649. The van der Waals surface area contributed by atoms with E-state index in [-0.39, 0.29) is 5.91 Å². The summed E-state index contributed by atoms with van der Waals surface area (Å²) < 4.78 is 0.854. The van der Waals surface area contributed by atoms with E-state index in [9.17, 15) is 4.79 Å². The number of hydrogen-bond donors (Lipinski definition) is 2. The van der Waals surface area contributed by atoms with Crippen molar-refractivity contribution in [1.82, 2.24) is 10.6 Å². The zero-order valence-corrected chi connectivity index (χ0v) is 17.7. The molecule has 4 rings (SSSR count). The van der Waals surface area contributed by atoms with Gasteiger partial charge in [0.25, 0.3) is 5.91 Å². The quantitative estimate of drug-likeness (QED) is 0.707. The molecule has 2 aromatic rings. The number of piperidine rings is 1. The van der Waals surface area contributed by atoms with Gasteiger partial charge in [-0.1, -0.05) is 24.4 Å². The lowest BCUT2D eigenvalue weighted by molar-refractivity contribution is 0.0938. The minimum Gasteiger partial charge on any atom is -0.371 e. The Hall–Kier alpha value is -1.56. The van der Waals surface area contributed by atoms with Crippen molar-refractivity contribution in [2.75, 3.05) is 18.0 Å². The van der Waals surface area contributed by atoms with Crippen LogP contribution in [0.2, 0.25) is 4.34 Å². The molecular weight excluding hydrogens is 390 g/mol. The Kier molecular flexibility index (Phi) is 6.55. The van der Waals surface area contributed by atoms with Crippen molar-refractivity contribution in [1.29, 1.82) is 0 Å². The summed E-state index contributed by atoms with van der Waals surface area (Å²) >= 11 is 7.65. The Morgan fingerprint density at radius 1 is 1.00 bits per heavy atom. The Morgan fingerprint density at radius 2 is 1.71 bits per heavy atom. The highest BCUT2D eigenvalue weighted by molar-refractivity contribution is 7.16. The molecule has 2 N–H and O–H groups in total. The van der Waals surface area contributed by atoms with Crippen LogP contribution in [0.3, 0.4) is 0 Å². The molecule has 0 unspecified atom stereocenters. The molecule has 2 aliphatic rings. The predicted molar refractivity (Wildman–Crippen MR) is 118 cm³/mol. The summed E-state index contributed by atoms with van der Waals surface area (Å²) in [6.45, 7) is 2.97. The molecule has 1 aliphatic heterocycles. The molecule has 1 aromatic heterocycles. The molecule has 1 aromatic carbocycles. The number of carbonyl (C=O) groups is 1. The largest absolute Gasteiger partial charge is 0.371 e. The van der Waals surface area contributed by atoms with Crippen LogP contribution in [0.25, 0.3) is 0 Å². The van der Waals surface area contributed by atoms with Gasteiger partial charge in [0.15, 0.2) is 0 Å². The SMILES string of the molecule is O=C(NC1CCCC1)c1ccc(N2CCC(NCc3ccc(Cl)s3)CC2)cc1. The second kappa shape index (κ2) is 9.29. The highest BCUT2D eigenvalue weighted by Crippen LogP contribution is 2.24. The van der Waals surface area contributed by atoms with Crippen LogP contribution in [0.4, 0.5) is 5.69 Å². The summed E-state index contributed by atoms with van der Waals surface area (Å²) in [7, 11) is 0. The molecule has 1 amide bonds. The van der Waals surface area contributed by atoms with Crippen LogP contribution < -0.4 is 15.5 Å². The van der Waals surface area contributed by atoms with Gasteiger partial charge in [-0.2, -0.15) is 0 Å². The van der Waals surface area contributed by atoms with Gasteiger partial charge < -0.3 is 15.5 Å². The van der Waals surface area contributed by atoms with Crippen LogP contribution in [0.5, 0.6) is 0 Å². The van der Waals surface area contributed by atoms with Gasteiger partial charge in [-0.05, 0) is 62.1 Å². The molecular formula is C22H28ClN3OS. The highest BCUT2D eigenvalue weighted by Gasteiger charge is 2.20. The lowest BCUT2D eigenvalue weighted by atomic mass is 10.0. The van der Waals surface area contributed by atoms with Gasteiger partial charge in [-0.3, -0.25) is 4.79 Å². The van der Waals surface area contributed by atoms with E-state index >= 15 is 0 Å². The van der Waals surface area contributed by atoms with Crippen molar-refractivity contribution in [3.05, 3.63) is 51.2 Å². The minimum absolute atomic E-state index is 0.0649. The first kappa shape index (κ1) is 19.7. The number of benzene rings is 1. The fourth-order valence-electron chi connectivity index (χ4n) is 4.20. The van der Waals surface area contributed by atoms with E-state index in [1.807, 2.05) is 18.2 Å². The molecule has 2 fully saturated rings. The van der Waals surface area contributed by atoms with Gasteiger partial charge in [0.05, 0.1) is 4.34 Å². The third-order valence-corrected chi connectivity index (χ3v) is 7.10. The third kappa shape index (κ3) is 5.07. The molecule has 1 saturated heterocycles. The molecule has 1 saturated carbocycles. The number of amides is 1. The number of anilines is 1. The summed E-state index contributed by atoms with van der Waals surface area (Å²) in [4.78, 5) is 16.1. The molecule has 28 heavy (non-hydrogen) atoms. The van der Waals surface area contributed by atoms with Crippen LogP contribution in [0.15, 0.2) is 36.4 Å². The molecule has 0 spiro atoms. The average molecular weight is 418 g/mol. The number of rotatable bonds is 6. The lowest BCUT2D eigenvalue weighted by Crippen LogP contribution is -2.42. The van der Waals surface area contributed by atoms with E-state index in [0.29, 0.717) is 12.1 Å². The van der Waals surface area contributed by atoms with Crippen LogP contribution in [-0.4, -0.2) is 31.1 Å². The van der Waals surface area contributed by atoms with Gasteiger partial charge in [0, 0.05) is 47.8 Å². The highest BCUT2D eigenvalue weighted by atomic mass is 35.5. The van der Waals surface area contributed by atoms with Crippen molar-refractivity contribution in [3.8, 4) is 0 Å². The Balaban J connectivity index is 1.24. The van der Waals surface area contributed by atoms with E-state index in [2.05, 4.69) is 33.7 Å². The molecule has 0 bridgehead atoms. The number of halogens is 1. The van der Waals surface area contributed by atoms with Gasteiger partial charge in [0.2, 0.25) is 0 Å². The maximum atomic E-state index is 12.4. The molecule has 1 aliphatic carbocycles. The smallest absolute Gasteiger partial charge is 0.251 e. The van der Waals surface area contributed by atoms with Gasteiger partial charge in [-0.15, -0.1) is 11.3 Å². The third-order valence-electron chi connectivity index (χ3n) is 5.87. The monoisotopic (exact) mass is 417 g/mol. The van der Waals surface area contributed by atoms with Crippen molar-refractivity contribution >= 4 is 34.5 Å². The fourth-order valence-corrected chi connectivity index (χ4v) is 5.23. The van der Waals surface area contributed by atoms with E-state index in [1.165, 1.54) is 23.4 Å². The van der Waals surface area contributed by atoms with Crippen LogP contribution >= 0.6 is 22.9 Å². The van der Waals surface area contributed by atoms with Crippen molar-refractivity contribution in [2.45, 2.75) is 57.2 Å². The second-order valence-electron chi connectivity index (χ2n) is 7.85. The van der Waals surface area contributed by atoms with E-state index < -0.39 is 0 Å². The first-order chi connectivity index (χ1) is 13.7. The van der Waals surface area contributed by atoms with E-state index in [1.54, 1.807) is 11.3 Å². The standard InChI is InChI=1S/C22H28ClN3OS/c23-21-10-9-20(28-21)15-24-17-11-13-26(14-12-17)19-7-5-16(6-8-19)22(27)25-18-3-1-2-4-18/h5-10,17-18,24H,1-4,11-15H2,(H,25,27). The maximum absolute atomic E-state index is 12.4. The van der Waals surface area contributed by atoms with Crippen LogP contribution in [0, 0.1) is 0 Å².